The molecule has 1 heterocycles. The van der Waals surface area contributed by atoms with Crippen LogP contribution >= 0.6 is 0 Å². The van der Waals surface area contributed by atoms with Crippen LogP contribution < -0.4 is 5.32 Å². The van der Waals surface area contributed by atoms with E-state index in [9.17, 15) is 0 Å². The fraction of sp³-hybridized carbons (Fsp3) is 1.00. The lowest BCUT2D eigenvalue weighted by atomic mass is 9.87. The SMILES string of the molecule is CCC1(CC)CNCCN1C(C)COC. The van der Waals surface area contributed by atoms with Gasteiger partial charge in [0.1, 0.15) is 0 Å². The quantitative estimate of drug-likeness (QED) is 0.750. The second kappa shape index (κ2) is 5.83. The third-order valence-corrected chi connectivity index (χ3v) is 3.85. The molecule has 0 spiro atoms. The van der Waals surface area contributed by atoms with Crippen LogP contribution in [0.15, 0.2) is 0 Å². The molecular formula is C12H26N2O. The monoisotopic (exact) mass is 214 g/mol. The topological polar surface area (TPSA) is 24.5 Å². The minimum atomic E-state index is 0.343. The molecule has 0 bridgehead atoms. The van der Waals surface area contributed by atoms with Crippen LogP contribution in [0.3, 0.4) is 0 Å². The highest BCUT2D eigenvalue weighted by molar-refractivity contribution is 4.96. The van der Waals surface area contributed by atoms with Crippen molar-refractivity contribution < 1.29 is 4.74 Å². The maximum atomic E-state index is 5.28. The number of ether oxygens (including phenoxy) is 1. The largest absolute Gasteiger partial charge is 0.383 e. The molecule has 3 heteroatoms. The molecule has 0 aromatic carbocycles. The average molecular weight is 214 g/mol. The van der Waals surface area contributed by atoms with Crippen molar-refractivity contribution in [3.05, 3.63) is 0 Å². The van der Waals surface area contributed by atoms with Crippen LogP contribution in [0.5, 0.6) is 0 Å². The number of piperazine rings is 1. The van der Waals surface area contributed by atoms with Gasteiger partial charge in [0.2, 0.25) is 0 Å². The molecule has 0 saturated carbocycles. The molecule has 0 aromatic heterocycles. The highest BCUT2D eigenvalue weighted by Crippen LogP contribution is 2.27. The highest BCUT2D eigenvalue weighted by atomic mass is 16.5. The van der Waals surface area contributed by atoms with E-state index in [4.69, 9.17) is 4.74 Å². The molecule has 1 atom stereocenters. The van der Waals surface area contributed by atoms with Crippen molar-refractivity contribution in [3.8, 4) is 0 Å². The van der Waals surface area contributed by atoms with Gasteiger partial charge in [0.25, 0.3) is 0 Å². The Bertz CT molecular complexity index is 180. The summed E-state index contributed by atoms with van der Waals surface area (Å²) in [5.41, 5.74) is 0.343. The third-order valence-electron chi connectivity index (χ3n) is 3.85. The van der Waals surface area contributed by atoms with Crippen LogP contribution in [-0.4, -0.2) is 49.8 Å². The van der Waals surface area contributed by atoms with Crippen LogP contribution in [0.1, 0.15) is 33.6 Å². The lowest BCUT2D eigenvalue weighted by Crippen LogP contribution is -2.63. The predicted octanol–water partition coefficient (Wildman–Crippen LogP) is 1.49. The van der Waals surface area contributed by atoms with Crippen molar-refractivity contribution >= 4 is 0 Å². The Kier molecular flexibility index (Phi) is 5.03. The minimum Gasteiger partial charge on any atom is -0.383 e. The molecule has 0 aliphatic carbocycles. The second-order valence-electron chi connectivity index (χ2n) is 4.61. The maximum absolute atomic E-state index is 5.28. The number of nitrogens with zero attached hydrogens (tertiary/aromatic N) is 1. The van der Waals surface area contributed by atoms with Gasteiger partial charge in [-0.25, -0.2) is 0 Å². The first-order valence-corrected chi connectivity index (χ1v) is 6.16. The zero-order valence-corrected chi connectivity index (χ0v) is 10.7. The molecular weight excluding hydrogens is 188 g/mol. The molecule has 1 N–H and O–H groups in total. The van der Waals surface area contributed by atoms with E-state index in [0.29, 0.717) is 11.6 Å². The Labute approximate surface area is 94.2 Å². The normalized spacial score (nSPS) is 24.0. The van der Waals surface area contributed by atoms with E-state index in [-0.39, 0.29) is 0 Å². The molecule has 3 nitrogen and oxygen atoms in total. The fourth-order valence-electron chi connectivity index (χ4n) is 2.78. The van der Waals surface area contributed by atoms with E-state index in [0.717, 1.165) is 26.2 Å². The van der Waals surface area contributed by atoms with Gasteiger partial charge in [-0.05, 0) is 19.8 Å². The Morgan fingerprint density at radius 1 is 1.40 bits per heavy atom. The summed E-state index contributed by atoms with van der Waals surface area (Å²) in [6.07, 6.45) is 2.43. The number of rotatable bonds is 5. The minimum absolute atomic E-state index is 0.343. The zero-order chi connectivity index (χ0) is 11.3. The van der Waals surface area contributed by atoms with Gasteiger partial charge < -0.3 is 10.1 Å². The van der Waals surface area contributed by atoms with E-state index in [1.165, 1.54) is 12.8 Å². The Hall–Kier alpha value is -0.120. The molecule has 90 valence electrons. The van der Waals surface area contributed by atoms with Crippen molar-refractivity contribution in [2.24, 2.45) is 0 Å². The Morgan fingerprint density at radius 3 is 2.60 bits per heavy atom. The Morgan fingerprint density at radius 2 is 2.07 bits per heavy atom. The van der Waals surface area contributed by atoms with Gasteiger partial charge in [0, 0.05) is 38.3 Å². The second-order valence-corrected chi connectivity index (χ2v) is 4.61. The van der Waals surface area contributed by atoms with Crippen molar-refractivity contribution in [1.82, 2.24) is 10.2 Å². The molecule has 1 aliphatic rings. The summed E-state index contributed by atoms with van der Waals surface area (Å²) in [6, 6.07) is 0.525. The molecule has 1 rings (SSSR count). The summed E-state index contributed by atoms with van der Waals surface area (Å²) in [7, 11) is 1.79. The lowest BCUT2D eigenvalue weighted by Gasteiger charge is -2.49. The maximum Gasteiger partial charge on any atom is 0.0615 e. The van der Waals surface area contributed by atoms with E-state index >= 15 is 0 Å². The molecule has 1 saturated heterocycles. The molecule has 15 heavy (non-hydrogen) atoms. The number of hydrogen-bond donors (Lipinski definition) is 1. The first kappa shape index (κ1) is 12.9. The van der Waals surface area contributed by atoms with Crippen LogP contribution in [0.25, 0.3) is 0 Å². The summed E-state index contributed by atoms with van der Waals surface area (Å²) in [6.45, 7) is 11.1. The molecule has 1 aliphatic heterocycles. The van der Waals surface area contributed by atoms with Crippen molar-refractivity contribution in [2.75, 3.05) is 33.4 Å². The first-order valence-electron chi connectivity index (χ1n) is 6.16. The summed E-state index contributed by atoms with van der Waals surface area (Å²) >= 11 is 0. The van der Waals surface area contributed by atoms with Gasteiger partial charge >= 0.3 is 0 Å². The highest BCUT2D eigenvalue weighted by Gasteiger charge is 2.37. The van der Waals surface area contributed by atoms with Crippen LogP contribution in [0.4, 0.5) is 0 Å². The van der Waals surface area contributed by atoms with Crippen LogP contribution in [-0.2, 0) is 4.74 Å². The fourth-order valence-corrected chi connectivity index (χ4v) is 2.78. The number of nitrogens with one attached hydrogen (secondary N) is 1. The van der Waals surface area contributed by atoms with Crippen molar-refractivity contribution in [2.45, 2.75) is 45.2 Å². The molecule has 1 fully saturated rings. The predicted molar refractivity (Wildman–Crippen MR) is 64.2 cm³/mol. The van der Waals surface area contributed by atoms with Crippen molar-refractivity contribution in [1.29, 1.82) is 0 Å². The smallest absolute Gasteiger partial charge is 0.0615 e. The van der Waals surface area contributed by atoms with Crippen LogP contribution in [0, 0.1) is 0 Å². The summed E-state index contributed by atoms with van der Waals surface area (Å²) in [5.74, 6) is 0. The summed E-state index contributed by atoms with van der Waals surface area (Å²) in [5, 5.41) is 3.52. The van der Waals surface area contributed by atoms with Crippen molar-refractivity contribution in [3.63, 3.8) is 0 Å². The van der Waals surface area contributed by atoms with Gasteiger partial charge in [-0.3, -0.25) is 4.90 Å². The standard InChI is InChI=1S/C12H26N2O/c1-5-12(6-2)10-13-7-8-14(12)11(3)9-15-4/h11,13H,5-10H2,1-4H3. The van der Waals surface area contributed by atoms with E-state index < -0.39 is 0 Å². The Balaban J connectivity index is 2.71. The first-order chi connectivity index (χ1) is 7.20. The van der Waals surface area contributed by atoms with E-state index in [2.05, 4.69) is 31.0 Å². The summed E-state index contributed by atoms with van der Waals surface area (Å²) < 4.78 is 5.28. The zero-order valence-electron chi connectivity index (χ0n) is 10.7. The van der Waals surface area contributed by atoms with Gasteiger partial charge in [-0.2, -0.15) is 0 Å². The third kappa shape index (κ3) is 2.71. The molecule has 0 radical (unpaired) electrons. The number of methoxy groups -OCH3 is 1. The average Bonchev–Trinajstić information content (AvgIpc) is 2.29. The molecule has 0 amide bonds. The van der Waals surface area contributed by atoms with Gasteiger partial charge in [0.05, 0.1) is 6.61 Å². The van der Waals surface area contributed by atoms with E-state index in [1.807, 2.05) is 0 Å². The molecule has 1 unspecified atom stereocenters. The molecule has 0 aromatic rings. The van der Waals surface area contributed by atoms with Crippen LogP contribution in [0.2, 0.25) is 0 Å². The number of hydrogen-bond acceptors (Lipinski definition) is 3. The lowest BCUT2D eigenvalue weighted by molar-refractivity contribution is -0.00958. The van der Waals surface area contributed by atoms with Gasteiger partial charge in [0.15, 0.2) is 0 Å². The summed E-state index contributed by atoms with van der Waals surface area (Å²) in [4.78, 5) is 2.63. The van der Waals surface area contributed by atoms with E-state index in [1.54, 1.807) is 7.11 Å². The van der Waals surface area contributed by atoms with Gasteiger partial charge in [-0.1, -0.05) is 13.8 Å². The van der Waals surface area contributed by atoms with Gasteiger partial charge in [-0.15, -0.1) is 0 Å².